The summed E-state index contributed by atoms with van der Waals surface area (Å²) in [5.74, 6) is 0.942. The van der Waals surface area contributed by atoms with Crippen LogP contribution in [0, 0.1) is 0 Å². The van der Waals surface area contributed by atoms with Gasteiger partial charge in [-0.05, 0) is 48.2 Å². The lowest BCUT2D eigenvalue weighted by Crippen LogP contribution is -2.22. The second kappa shape index (κ2) is 6.06. The third-order valence-corrected chi connectivity index (χ3v) is 3.92. The van der Waals surface area contributed by atoms with Crippen LogP contribution in [0.2, 0.25) is 0 Å². The number of nitrogens with one attached hydrogen (secondary N) is 1. The average Bonchev–Trinajstić information content (AvgIpc) is 2.69. The maximum Gasteiger partial charge on any atom is 0.125 e. The summed E-state index contributed by atoms with van der Waals surface area (Å²) in [7, 11) is 1.91. The van der Waals surface area contributed by atoms with Crippen LogP contribution < -0.4 is 5.32 Å². The molecule has 0 aliphatic carbocycles. The fraction of sp³-hybridized carbons (Fsp3) is 0.353. The summed E-state index contributed by atoms with van der Waals surface area (Å²) in [5.41, 5.74) is 4.32. The smallest absolute Gasteiger partial charge is 0.125 e. The molecule has 104 valence electrons. The number of fused-ring (bicyclic) bond motifs is 1. The number of pyridine rings is 1. The SMILES string of the molecule is CNc1cc(CN2CCCc3ccccc3C2)ccn1. The van der Waals surface area contributed by atoms with E-state index >= 15 is 0 Å². The fourth-order valence-corrected chi connectivity index (χ4v) is 2.87. The van der Waals surface area contributed by atoms with E-state index in [4.69, 9.17) is 0 Å². The minimum Gasteiger partial charge on any atom is -0.373 e. The Kier molecular flexibility index (Phi) is 3.97. The summed E-state index contributed by atoms with van der Waals surface area (Å²) in [4.78, 5) is 6.80. The summed E-state index contributed by atoms with van der Waals surface area (Å²) >= 11 is 0. The van der Waals surface area contributed by atoms with E-state index < -0.39 is 0 Å². The Morgan fingerprint density at radius 3 is 2.90 bits per heavy atom. The standard InChI is InChI=1S/C17H21N3/c1-18-17-11-14(8-9-19-17)12-20-10-4-7-15-5-2-3-6-16(15)13-20/h2-3,5-6,8-9,11H,4,7,10,12-13H2,1H3,(H,18,19). The number of rotatable bonds is 3. The van der Waals surface area contributed by atoms with Gasteiger partial charge in [0, 0.05) is 26.3 Å². The van der Waals surface area contributed by atoms with Crippen molar-refractivity contribution in [2.24, 2.45) is 0 Å². The number of hydrogen-bond acceptors (Lipinski definition) is 3. The van der Waals surface area contributed by atoms with Crippen LogP contribution in [0.4, 0.5) is 5.82 Å². The number of aryl methyl sites for hydroxylation is 1. The van der Waals surface area contributed by atoms with Crippen LogP contribution in [0.3, 0.4) is 0 Å². The van der Waals surface area contributed by atoms with Crippen molar-refractivity contribution in [1.29, 1.82) is 0 Å². The molecule has 1 aromatic heterocycles. The van der Waals surface area contributed by atoms with Crippen molar-refractivity contribution in [3.63, 3.8) is 0 Å². The topological polar surface area (TPSA) is 28.2 Å². The van der Waals surface area contributed by atoms with Crippen molar-refractivity contribution in [1.82, 2.24) is 9.88 Å². The van der Waals surface area contributed by atoms with E-state index in [-0.39, 0.29) is 0 Å². The van der Waals surface area contributed by atoms with Gasteiger partial charge >= 0.3 is 0 Å². The molecule has 1 N–H and O–H groups in total. The number of hydrogen-bond donors (Lipinski definition) is 1. The first kappa shape index (κ1) is 13.1. The molecule has 0 spiro atoms. The van der Waals surface area contributed by atoms with Crippen molar-refractivity contribution in [2.45, 2.75) is 25.9 Å². The predicted molar refractivity (Wildman–Crippen MR) is 82.7 cm³/mol. The lowest BCUT2D eigenvalue weighted by molar-refractivity contribution is 0.261. The Hall–Kier alpha value is -1.87. The maximum atomic E-state index is 4.28. The van der Waals surface area contributed by atoms with Crippen LogP contribution in [0.15, 0.2) is 42.6 Å². The molecule has 0 saturated heterocycles. The van der Waals surface area contributed by atoms with Crippen LogP contribution in [-0.2, 0) is 19.5 Å². The van der Waals surface area contributed by atoms with Gasteiger partial charge in [0.15, 0.2) is 0 Å². The first-order valence-corrected chi connectivity index (χ1v) is 7.27. The molecule has 3 heteroatoms. The monoisotopic (exact) mass is 267 g/mol. The van der Waals surface area contributed by atoms with Crippen molar-refractivity contribution >= 4 is 5.82 Å². The molecule has 0 bridgehead atoms. The largest absolute Gasteiger partial charge is 0.373 e. The molecular formula is C17H21N3. The van der Waals surface area contributed by atoms with Gasteiger partial charge in [-0.25, -0.2) is 4.98 Å². The molecule has 0 unspecified atom stereocenters. The molecule has 0 amide bonds. The highest BCUT2D eigenvalue weighted by atomic mass is 15.1. The van der Waals surface area contributed by atoms with Gasteiger partial charge in [0.25, 0.3) is 0 Å². The molecule has 20 heavy (non-hydrogen) atoms. The number of nitrogens with zero attached hydrogens (tertiary/aromatic N) is 2. The quantitative estimate of drug-likeness (QED) is 0.926. The average molecular weight is 267 g/mol. The summed E-state index contributed by atoms with van der Waals surface area (Å²) in [6.07, 6.45) is 4.32. The molecule has 0 fully saturated rings. The van der Waals surface area contributed by atoms with E-state index in [2.05, 4.69) is 51.6 Å². The third kappa shape index (κ3) is 2.99. The summed E-state index contributed by atoms with van der Waals surface area (Å²) in [5, 5.41) is 3.10. The van der Waals surface area contributed by atoms with Crippen molar-refractivity contribution in [3.05, 3.63) is 59.3 Å². The number of aromatic nitrogens is 1. The summed E-state index contributed by atoms with van der Waals surface area (Å²) in [6, 6.07) is 13.1. The van der Waals surface area contributed by atoms with E-state index in [1.165, 1.54) is 29.5 Å². The van der Waals surface area contributed by atoms with Gasteiger partial charge in [-0.2, -0.15) is 0 Å². The molecule has 0 radical (unpaired) electrons. The Labute approximate surface area is 120 Å². The second-order valence-electron chi connectivity index (χ2n) is 5.38. The van der Waals surface area contributed by atoms with Crippen LogP contribution in [0.25, 0.3) is 0 Å². The van der Waals surface area contributed by atoms with Crippen molar-refractivity contribution in [2.75, 3.05) is 18.9 Å². The number of benzene rings is 1. The van der Waals surface area contributed by atoms with Gasteiger partial charge in [0.1, 0.15) is 5.82 Å². The zero-order valence-corrected chi connectivity index (χ0v) is 12.0. The Bertz CT molecular complexity index is 580. The normalized spacial score (nSPS) is 15.4. The van der Waals surface area contributed by atoms with Gasteiger partial charge in [-0.1, -0.05) is 24.3 Å². The van der Waals surface area contributed by atoms with Gasteiger partial charge in [0.2, 0.25) is 0 Å². The highest BCUT2D eigenvalue weighted by Crippen LogP contribution is 2.20. The van der Waals surface area contributed by atoms with Gasteiger partial charge in [0.05, 0.1) is 0 Å². The van der Waals surface area contributed by atoms with E-state index in [0.717, 1.165) is 25.5 Å². The van der Waals surface area contributed by atoms with Crippen LogP contribution in [0.5, 0.6) is 0 Å². The zero-order valence-electron chi connectivity index (χ0n) is 12.0. The zero-order chi connectivity index (χ0) is 13.8. The molecule has 3 rings (SSSR count). The highest BCUT2D eigenvalue weighted by Gasteiger charge is 2.14. The van der Waals surface area contributed by atoms with Crippen LogP contribution in [-0.4, -0.2) is 23.5 Å². The van der Waals surface area contributed by atoms with Gasteiger partial charge in [-0.15, -0.1) is 0 Å². The summed E-state index contributed by atoms with van der Waals surface area (Å²) in [6.45, 7) is 3.20. The van der Waals surface area contributed by atoms with Crippen molar-refractivity contribution in [3.8, 4) is 0 Å². The molecule has 2 aromatic rings. The minimum absolute atomic E-state index is 0.942. The Balaban J connectivity index is 1.74. The Morgan fingerprint density at radius 1 is 1.20 bits per heavy atom. The molecule has 3 nitrogen and oxygen atoms in total. The lowest BCUT2D eigenvalue weighted by atomic mass is 10.0. The van der Waals surface area contributed by atoms with E-state index in [1.54, 1.807) is 0 Å². The van der Waals surface area contributed by atoms with Crippen LogP contribution >= 0.6 is 0 Å². The highest BCUT2D eigenvalue weighted by molar-refractivity contribution is 5.36. The van der Waals surface area contributed by atoms with Gasteiger partial charge in [-0.3, -0.25) is 4.90 Å². The Morgan fingerprint density at radius 2 is 2.05 bits per heavy atom. The summed E-state index contributed by atoms with van der Waals surface area (Å²) < 4.78 is 0. The van der Waals surface area contributed by atoms with Crippen LogP contribution in [0.1, 0.15) is 23.1 Å². The third-order valence-electron chi connectivity index (χ3n) is 3.92. The second-order valence-corrected chi connectivity index (χ2v) is 5.38. The first-order chi connectivity index (χ1) is 9.85. The van der Waals surface area contributed by atoms with E-state index in [0.29, 0.717) is 0 Å². The first-order valence-electron chi connectivity index (χ1n) is 7.27. The molecule has 1 aliphatic heterocycles. The maximum absolute atomic E-state index is 4.28. The molecule has 0 atom stereocenters. The van der Waals surface area contributed by atoms with Gasteiger partial charge < -0.3 is 5.32 Å². The molecule has 2 heterocycles. The fourth-order valence-electron chi connectivity index (χ4n) is 2.87. The molecule has 1 aliphatic rings. The minimum atomic E-state index is 0.942. The molecule has 0 saturated carbocycles. The van der Waals surface area contributed by atoms with Crippen molar-refractivity contribution < 1.29 is 0 Å². The lowest BCUT2D eigenvalue weighted by Gasteiger charge is -2.20. The van der Waals surface area contributed by atoms with E-state index in [1.807, 2.05) is 13.2 Å². The van der Waals surface area contributed by atoms with E-state index in [9.17, 15) is 0 Å². The number of anilines is 1. The molecular weight excluding hydrogens is 246 g/mol. The predicted octanol–water partition coefficient (Wildman–Crippen LogP) is 3.07. The molecule has 1 aromatic carbocycles.